The van der Waals surface area contributed by atoms with E-state index in [0.717, 1.165) is 32.7 Å². The topological polar surface area (TPSA) is 112 Å². The van der Waals surface area contributed by atoms with Crippen molar-refractivity contribution in [1.82, 2.24) is 19.4 Å². The number of hydrogen-bond acceptors (Lipinski definition) is 6. The Kier molecular flexibility index (Phi) is 9.71. The molecule has 0 unspecified atom stereocenters. The number of alkyl halides is 6. The number of aliphatic carboxylic acids is 2. The van der Waals surface area contributed by atoms with Crippen LogP contribution in [-0.4, -0.2) is 73.5 Å². The van der Waals surface area contributed by atoms with Gasteiger partial charge in [0.2, 0.25) is 0 Å². The maximum atomic E-state index is 10.6. The van der Waals surface area contributed by atoms with Crippen LogP contribution >= 0.6 is 0 Å². The van der Waals surface area contributed by atoms with Gasteiger partial charge >= 0.3 is 24.3 Å². The van der Waals surface area contributed by atoms with Gasteiger partial charge in [-0.2, -0.15) is 26.3 Å². The molecule has 1 fully saturated rings. The minimum absolute atomic E-state index is 0.936. The molecular weight excluding hydrogens is 490 g/mol. The smallest absolute Gasteiger partial charge is 0.475 e. The van der Waals surface area contributed by atoms with Crippen LogP contribution in [-0.2, 0) is 35.8 Å². The maximum Gasteiger partial charge on any atom is 0.490 e. The van der Waals surface area contributed by atoms with Crippen LogP contribution in [0.3, 0.4) is 0 Å². The highest BCUT2D eigenvalue weighted by Gasteiger charge is 2.38. The van der Waals surface area contributed by atoms with Crippen LogP contribution in [0.1, 0.15) is 29.9 Å². The van der Waals surface area contributed by atoms with Crippen LogP contribution in [0.4, 0.5) is 26.3 Å². The van der Waals surface area contributed by atoms with Crippen molar-refractivity contribution in [2.24, 2.45) is 0 Å². The molecule has 0 bridgehead atoms. The largest absolute Gasteiger partial charge is 0.490 e. The Labute approximate surface area is 195 Å². The monoisotopic (exact) mass is 514 g/mol. The third kappa shape index (κ3) is 9.60. The summed E-state index contributed by atoms with van der Waals surface area (Å²) in [5.41, 5.74) is 2.48. The van der Waals surface area contributed by atoms with Crippen molar-refractivity contribution in [3.05, 3.63) is 41.9 Å². The normalized spacial score (nSPS) is 16.5. The second-order valence-electron chi connectivity index (χ2n) is 7.77. The van der Waals surface area contributed by atoms with E-state index in [1.54, 1.807) is 6.26 Å². The molecule has 2 N–H and O–H groups in total. The van der Waals surface area contributed by atoms with E-state index in [-0.39, 0.29) is 0 Å². The standard InChI is InChI=1S/C16H22N4O.2C2HF3O2/c1-2-5-18(4-1)10-15-11-20-7-6-19(12-16(20)17-15)9-14-3-8-21-13-14;2*3-2(4,5)1(6)7/h3,8,11,13H,1-2,4-7,9-10,12H2;2*(H,6,7). The van der Waals surface area contributed by atoms with Crippen LogP contribution < -0.4 is 0 Å². The minimum atomic E-state index is -5.08. The molecule has 0 aliphatic carbocycles. The van der Waals surface area contributed by atoms with Gasteiger partial charge in [0.1, 0.15) is 5.82 Å². The fourth-order valence-corrected chi connectivity index (χ4v) is 3.38. The van der Waals surface area contributed by atoms with E-state index in [1.165, 1.54) is 43.0 Å². The number of hydrogen-bond donors (Lipinski definition) is 2. The number of aromatic nitrogens is 2. The van der Waals surface area contributed by atoms with Crippen LogP contribution in [0.15, 0.2) is 29.2 Å². The Hall–Kier alpha value is -3.07. The number of likely N-dealkylation sites (tertiary alicyclic amines) is 1. The Balaban J connectivity index is 0.000000257. The molecular formula is C20H24F6N4O5. The lowest BCUT2D eigenvalue weighted by atomic mass is 10.3. The van der Waals surface area contributed by atoms with Crippen LogP contribution in [0.5, 0.6) is 0 Å². The quantitative estimate of drug-likeness (QED) is 0.598. The van der Waals surface area contributed by atoms with Crippen LogP contribution in [0.2, 0.25) is 0 Å². The summed E-state index contributed by atoms with van der Waals surface area (Å²) in [6.07, 6.45) is -1.66. The molecule has 196 valence electrons. The summed E-state index contributed by atoms with van der Waals surface area (Å²) in [5, 5.41) is 14.2. The second kappa shape index (κ2) is 12.1. The molecule has 0 saturated carbocycles. The van der Waals surface area contributed by atoms with Crippen molar-refractivity contribution >= 4 is 11.9 Å². The lowest BCUT2D eigenvalue weighted by Gasteiger charge is -2.26. The van der Waals surface area contributed by atoms with E-state index in [2.05, 4.69) is 20.6 Å². The summed E-state index contributed by atoms with van der Waals surface area (Å²) >= 11 is 0. The molecule has 0 aromatic carbocycles. The number of furan rings is 1. The average molecular weight is 514 g/mol. The van der Waals surface area contributed by atoms with Gasteiger partial charge < -0.3 is 19.2 Å². The number of rotatable bonds is 4. The highest BCUT2D eigenvalue weighted by molar-refractivity contribution is 5.73. The number of carboxylic acid groups (broad SMARTS) is 2. The van der Waals surface area contributed by atoms with Gasteiger partial charge in [0.15, 0.2) is 0 Å². The van der Waals surface area contributed by atoms with Gasteiger partial charge in [-0.25, -0.2) is 14.6 Å². The molecule has 2 aromatic heterocycles. The van der Waals surface area contributed by atoms with Gasteiger partial charge in [-0.1, -0.05) is 0 Å². The van der Waals surface area contributed by atoms with Crippen molar-refractivity contribution < 1.29 is 50.6 Å². The molecule has 4 heterocycles. The second-order valence-corrected chi connectivity index (χ2v) is 7.77. The number of halogens is 6. The first kappa shape index (κ1) is 28.2. The Morgan fingerprint density at radius 2 is 1.49 bits per heavy atom. The number of nitrogens with zero attached hydrogens (tertiary/aromatic N) is 4. The Morgan fingerprint density at radius 3 is 1.97 bits per heavy atom. The molecule has 0 spiro atoms. The maximum absolute atomic E-state index is 10.6. The Morgan fingerprint density at radius 1 is 0.914 bits per heavy atom. The van der Waals surface area contributed by atoms with E-state index in [1.807, 2.05) is 12.3 Å². The molecule has 9 nitrogen and oxygen atoms in total. The van der Waals surface area contributed by atoms with Crippen molar-refractivity contribution in [2.45, 2.75) is 51.4 Å². The van der Waals surface area contributed by atoms with Crippen LogP contribution in [0.25, 0.3) is 0 Å². The van der Waals surface area contributed by atoms with E-state index >= 15 is 0 Å². The number of carboxylic acids is 2. The first-order chi connectivity index (χ1) is 16.3. The van der Waals surface area contributed by atoms with Crippen molar-refractivity contribution in [1.29, 1.82) is 0 Å². The highest BCUT2D eigenvalue weighted by Crippen LogP contribution is 2.18. The van der Waals surface area contributed by atoms with Gasteiger partial charge in [-0.15, -0.1) is 0 Å². The van der Waals surface area contributed by atoms with Crippen LogP contribution in [0, 0.1) is 0 Å². The van der Waals surface area contributed by atoms with E-state index < -0.39 is 24.3 Å². The van der Waals surface area contributed by atoms with Crippen molar-refractivity contribution in [2.75, 3.05) is 19.6 Å². The first-order valence-corrected chi connectivity index (χ1v) is 10.4. The Bertz CT molecular complexity index is 928. The zero-order chi connectivity index (χ0) is 26.2. The molecule has 0 amide bonds. The van der Waals surface area contributed by atoms with Gasteiger partial charge in [-0.05, 0) is 32.0 Å². The molecule has 0 atom stereocenters. The SMILES string of the molecule is O=C(O)C(F)(F)F.O=C(O)C(F)(F)F.c1cc(CN2CCn3cc(CN4CCCC4)nc3C2)co1. The van der Waals surface area contributed by atoms with Gasteiger partial charge in [0, 0.05) is 37.9 Å². The van der Waals surface area contributed by atoms with Gasteiger partial charge in [0.25, 0.3) is 0 Å². The third-order valence-electron chi connectivity index (χ3n) is 4.99. The number of carbonyl (C=O) groups is 2. The lowest BCUT2D eigenvalue weighted by Crippen LogP contribution is -2.33. The summed E-state index contributed by atoms with van der Waals surface area (Å²) in [7, 11) is 0. The van der Waals surface area contributed by atoms with Crippen molar-refractivity contribution in [3.8, 4) is 0 Å². The molecule has 2 aliphatic heterocycles. The van der Waals surface area contributed by atoms with Gasteiger partial charge in [0.05, 0.1) is 24.8 Å². The number of fused-ring (bicyclic) bond motifs is 1. The minimum Gasteiger partial charge on any atom is -0.475 e. The molecule has 2 aromatic rings. The molecule has 35 heavy (non-hydrogen) atoms. The van der Waals surface area contributed by atoms with E-state index in [9.17, 15) is 26.3 Å². The summed E-state index contributed by atoms with van der Waals surface area (Å²) in [5.74, 6) is -4.31. The predicted octanol–water partition coefficient (Wildman–Crippen LogP) is 3.35. The molecule has 15 heteroatoms. The zero-order valence-corrected chi connectivity index (χ0v) is 18.3. The number of imidazole rings is 1. The molecule has 0 radical (unpaired) electrons. The third-order valence-corrected chi connectivity index (χ3v) is 4.99. The molecule has 4 rings (SSSR count). The fraction of sp³-hybridized carbons (Fsp3) is 0.550. The summed E-state index contributed by atoms with van der Waals surface area (Å²) in [4.78, 5) is 27.6. The summed E-state index contributed by atoms with van der Waals surface area (Å²) in [6, 6.07) is 2.04. The highest BCUT2D eigenvalue weighted by atomic mass is 19.4. The summed E-state index contributed by atoms with van der Waals surface area (Å²) in [6.45, 7) is 7.49. The molecule has 1 saturated heterocycles. The lowest BCUT2D eigenvalue weighted by molar-refractivity contribution is -0.193. The summed E-state index contributed by atoms with van der Waals surface area (Å²) < 4.78 is 71.0. The molecule has 2 aliphatic rings. The zero-order valence-electron chi connectivity index (χ0n) is 18.3. The van der Waals surface area contributed by atoms with Crippen molar-refractivity contribution in [3.63, 3.8) is 0 Å². The van der Waals surface area contributed by atoms with E-state index in [0.29, 0.717) is 0 Å². The average Bonchev–Trinajstić information content (AvgIpc) is 3.49. The first-order valence-electron chi connectivity index (χ1n) is 10.4. The van der Waals surface area contributed by atoms with E-state index in [4.69, 9.17) is 29.2 Å². The van der Waals surface area contributed by atoms with Gasteiger partial charge in [-0.3, -0.25) is 9.80 Å². The predicted molar refractivity (Wildman–Crippen MR) is 107 cm³/mol. The fourth-order valence-electron chi connectivity index (χ4n) is 3.38.